The summed E-state index contributed by atoms with van der Waals surface area (Å²) in [5.41, 5.74) is 0.819. The van der Waals surface area contributed by atoms with E-state index >= 15 is 0 Å². The van der Waals surface area contributed by atoms with Crippen molar-refractivity contribution >= 4 is 23.6 Å². The Morgan fingerprint density at radius 3 is 2.87 bits per heavy atom. The molecule has 0 radical (unpaired) electrons. The van der Waals surface area contributed by atoms with Crippen molar-refractivity contribution in [3.63, 3.8) is 0 Å². The summed E-state index contributed by atoms with van der Waals surface area (Å²) in [6.45, 7) is 0. The molecule has 3 nitrogen and oxygen atoms in total. The van der Waals surface area contributed by atoms with Crippen molar-refractivity contribution in [3.8, 4) is 5.75 Å². The van der Waals surface area contributed by atoms with Gasteiger partial charge in [0.1, 0.15) is 5.75 Å². The molecule has 0 bridgehead atoms. The van der Waals surface area contributed by atoms with Crippen molar-refractivity contribution in [2.24, 2.45) is 0 Å². The molecule has 1 N–H and O–H groups in total. The third-order valence-corrected chi connectivity index (χ3v) is 2.05. The first kappa shape index (κ1) is 11.6. The molecule has 0 saturated carbocycles. The Labute approximate surface area is 92.9 Å². The second-order valence-corrected chi connectivity index (χ2v) is 3.12. The Kier molecular flexibility index (Phi) is 4.18. The summed E-state index contributed by atoms with van der Waals surface area (Å²) in [5, 5.41) is 8.92. The Morgan fingerprint density at radius 2 is 2.33 bits per heavy atom. The second-order valence-electron chi connectivity index (χ2n) is 2.82. The van der Waals surface area contributed by atoms with Crippen LogP contribution in [0.2, 0.25) is 0 Å². The molecule has 0 amide bonds. The number of aromatic carboxylic acids is 1. The van der Waals surface area contributed by atoms with Crippen LogP contribution in [-0.2, 0) is 0 Å². The van der Waals surface area contributed by atoms with Gasteiger partial charge in [0, 0.05) is 5.88 Å². The van der Waals surface area contributed by atoms with Gasteiger partial charge < -0.3 is 9.84 Å². The SMILES string of the molecule is COc1ccc(C(=O)O)c(C=CCCl)c1. The monoisotopic (exact) mass is 226 g/mol. The van der Waals surface area contributed by atoms with Crippen LogP contribution in [0.25, 0.3) is 6.08 Å². The summed E-state index contributed by atoms with van der Waals surface area (Å²) >= 11 is 5.49. The molecule has 0 saturated heterocycles. The van der Waals surface area contributed by atoms with Crippen molar-refractivity contribution in [2.45, 2.75) is 0 Å². The van der Waals surface area contributed by atoms with Crippen molar-refractivity contribution in [1.29, 1.82) is 0 Å². The fourth-order valence-corrected chi connectivity index (χ4v) is 1.26. The zero-order valence-electron chi connectivity index (χ0n) is 8.24. The van der Waals surface area contributed by atoms with E-state index in [0.717, 1.165) is 0 Å². The Morgan fingerprint density at radius 1 is 1.60 bits per heavy atom. The van der Waals surface area contributed by atoms with E-state index in [1.54, 1.807) is 24.3 Å². The molecule has 0 aromatic heterocycles. The standard InChI is InChI=1S/C11H11ClO3/c1-15-9-4-5-10(11(13)14)8(7-9)3-2-6-12/h2-5,7H,6H2,1H3,(H,13,14). The van der Waals surface area contributed by atoms with Crippen LogP contribution in [0.3, 0.4) is 0 Å². The number of halogens is 1. The average Bonchev–Trinajstić information content (AvgIpc) is 2.25. The highest BCUT2D eigenvalue weighted by molar-refractivity contribution is 6.19. The van der Waals surface area contributed by atoms with Crippen molar-refractivity contribution < 1.29 is 14.6 Å². The van der Waals surface area contributed by atoms with Gasteiger partial charge in [-0.1, -0.05) is 12.2 Å². The number of hydrogen-bond acceptors (Lipinski definition) is 2. The molecule has 1 aromatic carbocycles. The molecule has 80 valence electrons. The maximum absolute atomic E-state index is 10.9. The first-order valence-corrected chi connectivity index (χ1v) is 4.86. The number of rotatable bonds is 4. The third-order valence-electron chi connectivity index (χ3n) is 1.88. The molecule has 0 aliphatic carbocycles. The topological polar surface area (TPSA) is 46.5 Å². The van der Waals surface area contributed by atoms with Crippen molar-refractivity contribution in [1.82, 2.24) is 0 Å². The molecule has 1 aromatic rings. The van der Waals surface area contributed by atoms with Gasteiger partial charge in [0.2, 0.25) is 0 Å². The largest absolute Gasteiger partial charge is 0.497 e. The number of ether oxygens (including phenoxy) is 1. The van der Waals surface area contributed by atoms with Crippen molar-refractivity contribution in [3.05, 3.63) is 35.4 Å². The van der Waals surface area contributed by atoms with Gasteiger partial charge in [-0.2, -0.15) is 0 Å². The summed E-state index contributed by atoms with van der Waals surface area (Å²) in [5.74, 6) is -0.00268. The molecule has 15 heavy (non-hydrogen) atoms. The maximum atomic E-state index is 10.9. The summed E-state index contributed by atoms with van der Waals surface area (Å²) in [4.78, 5) is 10.9. The van der Waals surface area contributed by atoms with Gasteiger partial charge in [-0.3, -0.25) is 0 Å². The quantitative estimate of drug-likeness (QED) is 0.803. The number of carboxylic acids is 1. The van der Waals surface area contributed by atoms with Gasteiger partial charge in [-0.25, -0.2) is 4.79 Å². The van der Waals surface area contributed by atoms with Gasteiger partial charge in [0.15, 0.2) is 0 Å². The number of alkyl halides is 1. The van der Waals surface area contributed by atoms with Gasteiger partial charge in [0.05, 0.1) is 12.7 Å². The lowest BCUT2D eigenvalue weighted by Crippen LogP contribution is -1.99. The molecule has 0 aliphatic heterocycles. The van der Waals surface area contributed by atoms with E-state index in [-0.39, 0.29) is 5.56 Å². The Hall–Kier alpha value is -1.48. The molecule has 0 unspecified atom stereocenters. The molecule has 0 fully saturated rings. The van der Waals surface area contributed by atoms with Gasteiger partial charge in [0.25, 0.3) is 0 Å². The Balaban J connectivity index is 3.16. The molecule has 0 atom stereocenters. The number of allylic oxidation sites excluding steroid dienone is 1. The van der Waals surface area contributed by atoms with Gasteiger partial charge >= 0.3 is 5.97 Å². The van der Waals surface area contributed by atoms with Crippen LogP contribution in [0.15, 0.2) is 24.3 Å². The van der Waals surface area contributed by atoms with Gasteiger partial charge in [-0.15, -0.1) is 11.6 Å². The fraction of sp³-hybridized carbons (Fsp3) is 0.182. The third kappa shape index (κ3) is 2.99. The second kappa shape index (κ2) is 5.41. The number of hydrogen-bond donors (Lipinski definition) is 1. The lowest BCUT2D eigenvalue weighted by atomic mass is 10.1. The highest BCUT2D eigenvalue weighted by atomic mass is 35.5. The predicted molar refractivity (Wildman–Crippen MR) is 59.7 cm³/mol. The Bertz CT molecular complexity index is 385. The van der Waals surface area contributed by atoms with Crippen LogP contribution in [-0.4, -0.2) is 24.1 Å². The molecule has 4 heteroatoms. The van der Waals surface area contributed by atoms with E-state index in [9.17, 15) is 4.79 Å². The molecule has 0 heterocycles. The van der Waals surface area contributed by atoms with Gasteiger partial charge in [-0.05, 0) is 23.8 Å². The van der Waals surface area contributed by atoms with E-state index in [1.165, 1.54) is 13.2 Å². The summed E-state index contributed by atoms with van der Waals surface area (Å²) in [7, 11) is 1.53. The smallest absolute Gasteiger partial charge is 0.336 e. The normalized spacial score (nSPS) is 10.5. The van der Waals surface area contributed by atoms with Crippen molar-refractivity contribution in [2.75, 3.05) is 13.0 Å². The zero-order valence-corrected chi connectivity index (χ0v) is 8.99. The van der Waals surface area contributed by atoms with Crippen LogP contribution in [0, 0.1) is 0 Å². The highest BCUT2D eigenvalue weighted by Gasteiger charge is 2.08. The summed E-state index contributed by atoms with van der Waals surface area (Å²) < 4.78 is 5.01. The number of methoxy groups -OCH3 is 1. The summed E-state index contributed by atoms with van der Waals surface area (Å²) in [6, 6.07) is 4.78. The first-order valence-electron chi connectivity index (χ1n) is 4.33. The molecular formula is C11H11ClO3. The predicted octanol–water partition coefficient (Wildman–Crippen LogP) is 2.65. The minimum absolute atomic E-state index is 0.233. The van der Waals surface area contributed by atoms with E-state index < -0.39 is 5.97 Å². The lowest BCUT2D eigenvalue weighted by Gasteiger charge is -2.04. The van der Waals surface area contributed by atoms with Crippen LogP contribution < -0.4 is 4.74 Å². The van der Waals surface area contributed by atoms with Crippen LogP contribution >= 0.6 is 11.6 Å². The molecule has 1 rings (SSSR count). The zero-order chi connectivity index (χ0) is 11.3. The average molecular weight is 227 g/mol. The highest BCUT2D eigenvalue weighted by Crippen LogP contribution is 2.19. The van der Waals surface area contributed by atoms with Crippen LogP contribution in [0.4, 0.5) is 0 Å². The molecule has 0 spiro atoms. The number of carbonyl (C=O) groups is 1. The molecular weight excluding hydrogens is 216 g/mol. The van der Waals surface area contributed by atoms with Crippen LogP contribution in [0.1, 0.15) is 15.9 Å². The number of carboxylic acid groups (broad SMARTS) is 1. The lowest BCUT2D eigenvalue weighted by molar-refractivity contribution is 0.0696. The molecule has 0 aliphatic rings. The van der Waals surface area contributed by atoms with Crippen LogP contribution in [0.5, 0.6) is 5.75 Å². The summed E-state index contributed by atoms with van der Waals surface area (Å²) in [6.07, 6.45) is 3.35. The van der Waals surface area contributed by atoms with E-state index in [0.29, 0.717) is 17.2 Å². The van der Waals surface area contributed by atoms with E-state index in [2.05, 4.69) is 0 Å². The maximum Gasteiger partial charge on any atom is 0.336 e. The number of benzene rings is 1. The van der Waals surface area contributed by atoms with E-state index in [4.69, 9.17) is 21.4 Å². The minimum atomic E-state index is -0.966. The first-order chi connectivity index (χ1) is 7.19. The minimum Gasteiger partial charge on any atom is -0.497 e. The van der Waals surface area contributed by atoms with E-state index in [1.807, 2.05) is 0 Å². The fourth-order valence-electron chi connectivity index (χ4n) is 1.17.